The van der Waals surface area contributed by atoms with Crippen LogP contribution < -0.4 is 19.7 Å². The Labute approximate surface area is 220 Å². The summed E-state index contributed by atoms with van der Waals surface area (Å²) >= 11 is 0. The highest BCUT2D eigenvalue weighted by Crippen LogP contribution is 2.35. The van der Waals surface area contributed by atoms with Crippen molar-refractivity contribution in [2.75, 3.05) is 29.9 Å². The largest absolute Gasteiger partial charge is 0.489 e. The van der Waals surface area contributed by atoms with Crippen molar-refractivity contribution in [1.82, 2.24) is 29.5 Å². The Bertz CT molecular complexity index is 1550. The van der Waals surface area contributed by atoms with Crippen LogP contribution in [0.2, 0.25) is 0 Å². The molecule has 0 saturated carbocycles. The summed E-state index contributed by atoms with van der Waals surface area (Å²) in [4.78, 5) is 20.6. The third kappa shape index (κ3) is 5.02. The second kappa shape index (κ2) is 10.5. The van der Waals surface area contributed by atoms with Crippen LogP contribution in [0.5, 0.6) is 17.2 Å². The van der Waals surface area contributed by atoms with Crippen molar-refractivity contribution in [3.63, 3.8) is 0 Å². The van der Waals surface area contributed by atoms with Crippen LogP contribution in [-0.2, 0) is 0 Å². The average Bonchev–Trinajstić information content (AvgIpc) is 3.34. The topological polar surface area (TPSA) is 103 Å². The molecule has 4 aromatic heterocycles. The predicted molar refractivity (Wildman–Crippen MR) is 147 cm³/mol. The van der Waals surface area contributed by atoms with Gasteiger partial charge in [-0.05, 0) is 36.8 Å². The van der Waals surface area contributed by atoms with E-state index in [1.165, 1.54) is 19.2 Å². The second-order valence-electron chi connectivity index (χ2n) is 9.65. The van der Waals surface area contributed by atoms with Crippen molar-refractivity contribution in [2.24, 2.45) is 5.92 Å². The molecule has 10 nitrogen and oxygen atoms in total. The van der Waals surface area contributed by atoms with Gasteiger partial charge in [0.2, 0.25) is 0 Å². The maximum atomic E-state index is 6.14. The molecule has 1 N–H and O–H groups in total. The predicted octanol–water partition coefficient (Wildman–Crippen LogP) is 5.63. The molecule has 5 heterocycles. The number of pyridine rings is 2. The lowest BCUT2D eigenvalue weighted by Crippen LogP contribution is -2.30. The van der Waals surface area contributed by atoms with Gasteiger partial charge in [-0.2, -0.15) is 5.10 Å². The highest BCUT2D eigenvalue weighted by molar-refractivity contribution is 5.90. The normalized spacial score (nSPS) is 15.2. The molecule has 1 aliphatic heterocycles. The Morgan fingerprint density at radius 2 is 1.92 bits per heavy atom. The number of hydrogen-bond acceptors (Lipinski definition) is 9. The quantitative estimate of drug-likeness (QED) is 0.266. The summed E-state index contributed by atoms with van der Waals surface area (Å²) in [7, 11) is 0. The van der Waals surface area contributed by atoms with Crippen LogP contribution in [0.3, 0.4) is 0 Å². The van der Waals surface area contributed by atoms with Crippen LogP contribution in [0.25, 0.3) is 16.7 Å². The van der Waals surface area contributed by atoms with E-state index in [0.29, 0.717) is 35.4 Å². The van der Waals surface area contributed by atoms with Crippen LogP contribution in [0.4, 0.5) is 17.3 Å². The highest BCUT2D eigenvalue weighted by Gasteiger charge is 2.23. The van der Waals surface area contributed by atoms with Crippen LogP contribution in [-0.4, -0.2) is 49.2 Å². The number of rotatable bonds is 8. The summed E-state index contributed by atoms with van der Waals surface area (Å²) in [5.74, 6) is 4.12. The summed E-state index contributed by atoms with van der Waals surface area (Å²) in [5, 5.41) is 7.52. The number of anilines is 3. The molecule has 1 atom stereocenters. The van der Waals surface area contributed by atoms with Crippen LogP contribution in [0.15, 0.2) is 61.3 Å². The number of unbranched alkanes of at least 4 members (excludes halogenated alkanes) is 2. The minimum Gasteiger partial charge on any atom is -0.489 e. The number of nitrogens with one attached hydrogen (secondary N) is 1. The Hall–Kier alpha value is -4.47. The van der Waals surface area contributed by atoms with Gasteiger partial charge in [0.1, 0.15) is 29.7 Å². The molecular weight excluding hydrogens is 480 g/mol. The molecule has 1 unspecified atom stereocenters. The van der Waals surface area contributed by atoms with E-state index in [2.05, 4.69) is 44.1 Å². The van der Waals surface area contributed by atoms with E-state index in [-0.39, 0.29) is 0 Å². The fourth-order valence-corrected chi connectivity index (χ4v) is 4.62. The number of fused-ring (bicyclic) bond motifs is 3. The van der Waals surface area contributed by atoms with Gasteiger partial charge >= 0.3 is 0 Å². The molecule has 1 aromatic carbocycles. The van der Waals surface area contributed by atoms with E-state index in [9.17, 15) is 0 Å². The van der Waals surface area contributed by atoms with Crippen molar-refractivity contribution in [3.05, 3.63) is 61.3 Å². The van der Waals surface area contributed by atoms with Crippen molar-refractivity contribution >= 4 is 34.0 Å². The minimum atomic E-state index is 0.414. The lowest BCUT2D eigenvalue weighted by atomic mass is 10.1. The summed E-state index contributed by atoms with van der Waals surface area (Å²) in [6.45, 7) is 6.97. The number of hydrogen-bond donors (Lipinski definition) is 1. The van der Waals surface area contributed by atoms with Crippen molar-refractivity contribution in [1.29, 1.82) is 0 Å². The number of nitrogens with zero attached hydrogens (tertiary/aromatic N) is 7. The smallest absolute Gasteiger partial charge is 0.172 e. The SMILES string of the molecule is CCCCCN1CC(C)COc2cc3ncnc(Nc4ccc(Oc5ccn6ncnc6c5)cc4)c3nc21. The summed E-state index contributed by atoms with van der Waals surface area (Å²) < 4.78 is 13.8. The first-order valence-electron chi connectivity index (χ1n) is 13.0. The first-order chi connectivity index (χ1) is 18.7. The summed E-state index contributed by atoms with van der Waals surface area (Å²) in [5.41, 5.74) is 3.05. The van der Waals surface area contributed by atoms with E-state index in [0.717, 1.165) is 47.9 Å². The van der Waals surface area contributed by atoms with Crippen molar-refractivity contribution in [2.45, 2.75) is 33.1 Å². The van der Waals surface area contributed by atoms with Crippen LogP contribution in [0, 0.1) is 5.92 Å². The van der Waals surface area contributed by atoms with Gasteiger partial charge in [-0.3, -0.25) is 0 Å². The van der Waals surface area contributed by atoms with Gasteiger partial charge < -0.3 is 19.7 Å². The molecule has 0 fully saturated rings. The standard InChI is InChI=1S/C28H30N8O2/c1-3-4-5-11-35-15-19(2)16-37-24-14-23-26(34-28(24)35)27(31-17-29-23)33-20-6-8-21(9-7-20)38-22-10-12-36-25(13-22)30-18-32-36/h6-10,12-14,17-19H,3-5,11,15-16H2,1-2H3,(H,29,31,33). The third-order valence-electron chi connectivity index (χ3n) is 6.55. The summed E-state index contributed by atoms with van der Waals surface area (Å²) in [6, 6.07) is 13.4. The van der Waals surface area contributed by atoms with Gasteiger partial charge in [0.25, 0.3) is 0 Å². The van der Waals surface area contributed by atoms with Gasteiger partial charge in [0.05, 0.1) is 12.1 Å². The first-order valence-corrected chi connectivity index (χ1v) is 13.0. The Balaban J connectivity index is 1.24. The van der Waals surface area contributed by atoms with E-state index in [1.807, 2.05) is 48.7 Å². The van der Waals surface area contributed by atoms with E-state index in [1.54, 1.807) is 10.8 Å². The molecule has 0 radical (unpaired) electrons. The highest BCUT2D eigenvalue weighted by atomic mass is 16.5. The maximum Gasteiger partial charge on any atom is 0.172 e. The Kier molecular flexibility index (Phi) is 6.60. The Morgan fingerprint density at radius 1 is 1.03 bits per heavy atom. The lowest BCUT2D eigenvalue weighted by Gasteiger charge is -2.24. The van der Waals surface area contributed by atoms with Gasteiger partial charge in [-0.1, -0.05) is 26.7 Å². The van der Waals surface area contributed by atoms with E-state index in [4.69, 9.17) is 14.5 Å². The fraction of sp³-hybridized carbons (Fsp3) is 0.321. The molecule has 38 heavy (non-hydrogen) atoms. The van der Waals surface area contributed by atoms with Crippen LogP contribution >= 0.6 is 0 Å². The van der Waals surface area contributed by atoms with Crippen molar-refractivity contribution in [3.8, 4) is 17.2 Å². The molecule has 0 amide bonds. The molecule has 5 aromatic rings. The lowest BCUT2D eigenvalue weighted by molar-refractivity contribution is 0.273. The molecule has 0 saturated heterocycles. The van der Waals surface area contributed by atoms with Crippen LogP contribution in [0.1, 0.15) is 33.1 Å². The zero-order valence-corrected chi connectivity index (χ0v) is 21.5. The monoisotopic (exact) mass is 510 g/mol. The molecule has 6 rings (SSSR count). The van der Waals surface area contributed by atoms with Crippen molar-refractivity contribution < 1.29 is 9.47 Å². The third-order valence-corrected chi connectivity index (χ3v) is 6.55. The second-order valence-corrected chi connectivity index (χ2v) is 9.65. The average molecular weight is 511 g/mol. The first kappa shape index (κ1) is 23.9. The van der Waals surface area contributed by atoms with Gasteiger partial charge in [0.15, 0.2) is 23.0 Å². The molecule has 1 aliphatic rings. The number of aromatic nitrogens is 6. The molecule has 0 bridgehead atoms. The van der Waals surface area contributed by atoms with E-state index < -0.39 is 0 Å². The minimum absolute atomic E-state index is 0.414. The van der Waals surface area contributed by atoms with Gasteiger partial charge in [-0.25, -0.2) is 24.5 Å². The van der Waals surface area contributed by atoms with Gasteiger partial charge in [-0.15, -0.1) is 0 Å². The Morgan fingerprint density at radius 3 is 2.79 bits per heavy atom. The fourth-order valence-electron chi connectivity index (χ4n) is 4.62. The zero-order valence-electron chi connectivity index (χ0n) is 21.5. The number of ether oxygens (including phenoxy) is 2. The molecule has 10 heteroatoms. The number of benzene rings is 1. The molecule has 0 aliphatic carbocycles. The maximum absolute atomic E-state index is 6.14. The van der Waals surface area contributed by atoms with E-state index >= 15 is 0 Å². The molecular formula is C28H30N8O2. The zero-order chi connectivity index (χ0) is 25.9. The summed E-state index contributed by atoms with van der Waals surface area (Å²) in [6.07, 6.45) is 8.38. The molecule has 0 spiro atoms. The molecule has 194 valence electrons. The van der Waals surface area contributed by atoms with Gasteiger partial charge in [0, 0.05) is 43.0 Å².